The van der Waals surface area contributed by atoms with Gasteiger partial charge in [0.1, 0.15) is 5.69 Å². The van der Waals surface area contributed by atoms with Crippen molar-refractivity contribution in [1.82, 2.24) is 15.3 Å². The predicted octanol–water partition coefficient (Wildman–Crippen LogP) is 1.46. The number of aliphatic hydroxyl groups excluding tert-OH is 1. The monoisotopic (exact) mass is 292 g/mol. The Morgan fingerprint density at radius 3 is 2.67 bits per heavy atom. The van der Waals surface area contributed by atoms with Crippen molar-refractivity contribution in [3.63, 3.8) is 0 Å². The number of amides is 1. The zero-order chi connectivity index (χ0) is 15.5. The van der Waals surface area contributed by atoms with Crippen LogP contribution in [-0.4, -0.2) is 34.1 Å². The van der Waals surface area contributed by atoms with Crippen LogP contribution in [0.4, 0.5) is 5.95 Å². The summed E-state index contributed by atoms with van der Waals surface area (Å²) in [5.41, 5.74) is 6.54. The lowest BCUT2D eigenvalue weighted by atomic mass is 9.87. The summed E-state index contributed by atoms with van der Waals surface area (Å²) in [5, 5.41) is 12.4. The normalized spacial score (nSPS) is 17.1. The molecular weight excluding hydrogens is 268 g/mol. The lowest BCUT2D eigenvalue weighted by molar-refractivity contribution is 0.0876. The summed E-state index contributed by atoms with van der Waals surface area (Å²) in [6.45, 7) is 4.56. The third-order valence-corrected chi connectivity index (χ3v) is 4.21. The second-order valence-electron chi connectivity index (χ2n) is 6.24. The number of nitrogens with one attached hydrogen (secondary N) is 1. The van der Waals surface area contributed by atoms with Crippen molar-refractivity contribution >= 4 is 11.9 Å². The Hall–Kier alpha value is -1.69. The van der Waals surface area contributed by atoms with E-state index in [2.05, 4.69) is 15.3 Å². The fourth-order valence-electron chi connectivity index (χ4n) is 2.77. The van der Waals surface area contributed by atoms with Crippen molar-refractivity contribution in [2.75, 3.05) is 18.9 Å². The number of aromatic nitrogens is 2. The van der Waals surface area contributed by atoms with Gasteiger partial charge in [-0.05, 0) is 24.8 Å². The highest BCUT2D eigenvalue weighted by Crippen LogP contribution is 2.36. The number of aliphatic hydroxyl groups is 1. The molecule has 1 fully saturated rings. The minimum Gasteiger partial charge on any atom is -0.396 e. The molecule has 0 unspecified atom stereocenters. The molecular formula is C15H24N4O2. The van der Waals surface area contributed by atoms with Gasteiger partial charge in [-0.3, -0.25) is 4.79 Å². The van der Waals surface area contributed by atoms with E-state index in [0.29, 0.717) is 6.54 Å². The van der Waals surface area contributed by atoms with Gasteiger partial charge in [-0.25, -0.2) is 9.97 Å². The molecule has 0 aliphatic heterocycles. The number of hydrogen-bond donors (Lipinski definition) is 3. The molecule has 6 nitrogen and oxygen atoms in total. The van der Waals surface area contributed by atoms with Gasteiger partial charge >= 0.3 is 0 Å². The number of nitrogen functional groups attached to an aromatic ring is 1. The molecule has 1 aliphatic carbocycles. The van der Waals surface area contributed by atoms with Crippen molar-refractivity contribution < 1.29 is 9.90 Å². The first-order valence-electron chi connectivity index (χ1n) is 7.49. The average molecular weight is 292 g/mol. The Morgan fingerprint density at radius 2 is 2.10 bits per heavy atom. The van der Waals surface area contributed by atoms with Crippen LogP contribution in [0.25, 0.3) is 0 Å². The smallest absolute Gasteiger partial charge is 0.270 e. The lowest BCUT2D eigenvalue weighted by Gasteiger charge is -2.26. The first-order valence-corrected chi connectivity index (χ1v) is 7.49. The molecule has 4 N–H and O–H groups in total. The molecule has 1 saturated carbocycles. The SMILES string of the molecule is CC(C)c1cc(C(=O)NCC2(CO)CCCC2)nc(N)n1. The second-order valence-corrected chi connectivity index (χ2v) is 6.24. The molecule has 1 heterocycles. The Labute approximate surface area is 125 Å². The molecule has 1 amide bonds. The molecule has 2 rings (SSSR count). The van der Waals surface area contributed by atoms with Crippen molar-refractivity contribution in [2.24, 2.45) is 5.41 Å². The minimum absolute atomic E-state index is 0.108. The predicted molar refractivity (Wildman–Crippen MR) is 80.9 cm³/mol. The van der Waals surface area contributed by atoms with Gasteiger partial charge in [0.15, 0.2) is 0 Å². The summed E-state index contributed by atoms with van der Waals surface area (Å²) >= 11 is 0. The number of nitrogens with two attached hydrogens (primary N) is 1. The molecule has 0 spiro atoms. The van der Waals surface area contributed by atoms with E-state index < -0.39 is 0 Å². The number of carbonyl (C=O) groups is 1. The number of nitrogens with zero attached hydrogens (tertiary/aromatic N) is 2. The summed E-state index contributed by atoms with van der Waals surface area (Å²) in [6, 6.07) is 1.68. The van der Waals surface area contributed by atoms with Crippen LogP contribution in [0.5, 0.6) is 0 Å². The van der Waals surface area contributed by atoms with Crippen LogP contribution in [-0.2, 0) is 0 Å². The largest absolute Gasteiger partial charge is 0.396 e. The molecule has 1 aromatic rings. The topological polar surface area (TPSA) is 101 Å². The highest BCUT2D eigenvalue weighted by Gasteiger charge is 2.33. The Kier molecular flexibility index (Phi) is 4.77. The Bertz CT molecular complexity index is 510. The van der Waals surface area contributed by atoms with Crippen molar-refractivity contribution in [3.8, 4) is 0 Å². The molecule has 116 valence electrons. The number of rotatable bonds is 5. The van der Waals surface area contributed by atoms with Crippen LogP contribution in [0.1, 0.15) is 61.6 Å². The molecule has 0 saturated heterocycles. The van der Waals surface area contributed by atoms with Crippen LogP contribution in [0.2, 0.25) is 0 Å². The van der Waals surface area contributed by atoms with Gasteiger partial charge in [0.05, 0.1) is 6.61 Å². The van der Waals surface area contributed by atoms with E-state index in [1.807, 2.05) is 13.8 Å². The van der Waals surface area contributed by atoms with E-state index in [0.717, 1.165) is 31.4 Å². The van der Waals surface area contributed by atoms with E-state index in [1.165, 1.54) is 0 Å². The average Bonchev–Trinajstić information content (AvgIpc) is 2.93. The van der Waals surface area contributed by atoms with Crippen LogP contribution < -0.4 is 11.1 Å². The third kappa shape index (κ3) is 3.69. The number of carbonyl (C=O) groups excluding carboxylic acids is 1. The summed E-state index contributed by atoms with van der Waals surface area (Å²) in [4.78, 5) is 20.4. The fourth-order valence-corrected chi connectivity index (χ4v) is 2.77. The lowest BCUT2D eigenvalue weighted by Crippen LogP contribution is -2.38. The maximum Gasteiger partial charge on any atom is 0.270 e. The first-order chi connectivity index (χ1) is 9.96. The molecule has 21 heavy (non-hydrogen) atoms. The zero-order valence-corrected chi connectivity index (χ0v) is 12.7. The van der Waals surface area contributed by atoms with Crippen LogP contribution >= 0.6 is 0 Å². The Balaban J connectivity index is 2.06. The van der Waals surface area contributed by atoms with Gasteiger partial charge in [-0.2, -0.15) is 0 Å². The number of anilines is 1. The fraction of sp³-hybridized carbons (Fsp3) is 0.667. The molecule has 1 aromatic heterocycles. The first kappa shape index (κ1) is 15.7. The summed E-state index contributed by atoms with van der Waals surface area (Å²) in [5.74, 6) is 0.0373. The maximum atomic E-state index is 12.2. The van der Waals surface area contributed by atoms with E-state index in [4.69, 9.17) is 5.73 Å². The molecule has 1 aliphatic rings. The quantitative estimate of drug-likeness (QED) is 0.762. The second kappa shape index (κ2) is 6.39. The van der Waals surface area contributed by atoms with E-state index in [1.54, 1.807) is 6.07 Å². The molecule has 0 radical (unpaired) electrons. The van der Waals surface area contributed by atoms with Gasteiger partial charge in [0, 0.05) is 17.7 Å². The zero-order valence-electron chi connectivity index (χ0n) is 12.7. The van der Waals surface area contributed by atoms with E-state index in [-0.39, 0.29) is 35.5 Å². The van der Waals surface area contributed by atoms with Crippen molar-refractivity contribution in [2.45, 2.75) is 45.4 Å². The van der Waals surface area contributed by atoms with Crippen LogP contribution in [0.3, 0.4) is 0 Å². The van der Waals surface area contributed by atoms with E-state index in [9.17, 15) is 9.90 Å². The summed E-state index contributed by atoms with van der Waals surface area (Å²) < 4.78 is 0. The summed E-state index contributed by atoms with van der Waals surface area (Å²) in [7, 11) is 0. The van der Waals surface area contributed by atoms with Crippen LogP contribution in [0, 0.1) is 5.41 Å². The maximum absolute atomic E-state index is 12.2. The van der Waals surface area contributed by atoms with Gasteiger partial charge in [0.2, 0.25) is 5.95 Å². The number of hydrogen-bond acceptors (Lipinski definition) is 5. The molecule has 0 bridgehead atoms. The highest BCUT2D eigenvalue weighted by molar-refractivity contribution is 5.92. The van der Waals surface area contributed by atoms with E-state index >= 15 is 0 Å². The molecule has 0 atom stereocenters. The standard InChI is InChI=1S/C15H24N4O2/c1-10(2)11-7-12(19-14(16)18-11)13(21)17-8-15(9-20)5-3-4-6-15/h7,10,20H,3-6,8-9H2,1-2H3,(H,17,21)(H2,16,18,19). The Morgan fingerprint density at radius 1 is 1.43 bits per heavy atom. The van der Waals surface area contributed by atoms with Gasteiger partial charge in [0.25, 0.3) is 5.91 Å². The van der Waals surface area contributed by atoms with Gasteiger partial charge in [-0.1, -0.05) is 26.7 Å². The third-order valence-electron chi connectivity index (χ3n) is 4.21. The van der Waals surface area contributed by atoms with Crippen molar-refractivity contribution in [1.29, 1.82) is 0 Å². The minimum atomic E-state index is -0.259. The van der Waals surface area contributed by atoms with Crippen LogP contribution in [0.15, 0.2) is 6.07 Å². The van der Waals surface area contributed by atoms with Crippen molar-refractivity contribution in [3.05, 3.63) is 17.5 Å². The van der Waals surface area contributed by atoms with Gasteiger partial charge in [-0.15, -0.1) is 0 Å². The summed E-state index contributed by atoms with van der Waals surface area (Å²) in [6.07, 6.45) is 4.11. The van der Waals surface area contributed by atoms with Gasteiger partial charge < -0.3 is 16.2 Å². The molecule has 0 aromatic carbocycles. The molecule has 6 heteroatoms. The highest BCUT2D eigenvalue weighted by atomic mass is 16.3.